The molecule has 0 spiro atoms. The molecule has 9 heteroatoms. The number of alkyl halides is 3. The van der Waals surface area contributed by atoms with E-state index in [4.69, 9.17) is 0 Å². The molecule has 142 valence electrons. The predicted octanol–water partition coefficient (Wildman–Crippen LogP) is 2.99. The van der Waals surface area contributed by atoms with E-state index >= 15 is 0 Å². The molecular weight excluding hydrogens is 357 g/mol. The van der Waals surface area contributed by atoms with Crippen LogP contribution in [0.3, 0.4) is 0 Å². The van der Waals surface area contributed by atoms with Crippen LogP contribution in [-0.4, -0.2) is 45.9 Å². The molecule has 5 nitrogen and oxygen atoms in total. The van der Waals surface area contributed by atoms with Crippen LogP contribution in [0, 0.1) is 5.92 Å². The van der Waals surface area contributed by atoms with Crippen LogP contribution in [0.2, 0.25) is 0 Å². The van der Waals surface area contributed by atoms with Gasteiger partial charge >= 0.3 is 6.36 Å². The van der Waals surface area contributed by atoms with Crippen molar-refractivity contribution in [2.45, 2.75) is 37.4 Å². The van der Waals surface area contributed by atoms with Crippen LogP contribution in [0.1, 0.15) is 26.2 Å². The first kappa shape index (κ1) is 20.0. The van der Waals surface area contributed by atoms with Crippen LogP contribution in [0.25, 0.3) is 0 Å². The Kier molecular flexibility index (Phi) is 6.70. The Balaban J connectivity index is 1.99. The largest absolute Gasteiger partial charge is 0.573 e. The number of sulfonamides is 1. The molecule has 1 heterocycles. The Morgan fingerprint density at radius 3 is 2.48 bits per heavy atom. The molecule has 0 bridgehead atoms. The standard InChI is InChI=1S/C16H23F3N2O3S/c1-13(12-21-9-5-2-6-10-21)11-20-25(22,23)15-8-4-3-7-14(15)24-16(17,18)19/h3-4,7-8,13,20H,2,5-6,9-12H2,1H3. The maximum atomic E-state index is 12.4. The van der Waals surface area contributed by atoms with Crippen molar-refractivity contribution in [2.75, 3.05) is 26.2 Å². The molecule has 0 saturated carbocycles. The normalized spacial score (nSPS) is 18.1. The highest BCUT2D eigenvalue weighted by Crippen LogP contribution is 2.29. The fourth-order valence-electron chi connectivity index (χ4n) is 2.86. The van der Waals surface area contributed by atoms with E-state index in [1.807, 2.05) is 6.92 Å². The molecule has 1 unspecified atom stereocenters. The van der Waals surface area contributed by atoms with Gasteiger partial charge in [0, 0.05) is 13.1 Å². The van der Waals surface area contributed by atoms with Crippen molar-refractivity contribution in [3.05, 3.63) is 24.3 Å². The lowest BCUT2D eigenvalue weighted by Gasteiger charge is -2.29. The summed E-state index contributed by atoms with van der Waals surface area (Å²) in [6.45, 7) is 4.82. The third-order valence-corrected chi connectivity index (χ3v) is 5.47. The van der Waals surface area contributed by atoms with Crippen molar-refractivity contribution in [1.82, 2.24) is 9.62 Å². The fraction of sp³-hybridized carbons (Fsp3) is 0.625. The van der Waals surface area contributed by atoms with E-state index in [1.165, 1.54) is 18.6 Å². The van der Waals surface area contributed by atoms with Crippen LogP contribution >= 0.6 is 0 Å². The van der Waals surface area contributed by atoms with E-state index < -0.39 is 27.0 Å². The van der Waals surface area contributed by atoms with Crippen molar-refractivity contribution >= 4 is 10.0 Å². The van der Waals surface area contributed by atoms with Crippen molar-refractivity contribution < 1.29 is 26.3 Å². The van der Waals surface area contributed by atoms with E-state index in [0.717, 1.165) is 44.6 Å². The van der Waals surface area contributed by atoms with Crippen molar-refractivity contribution in [3.63, 3.8) is 0 Å². The lowest BCUT2D eigenvalue weighted by molar-refractivity contribution is -0.275. The SMILES string of the molecule is CC(CNS(=O)(=O)c1ccccc1OC(F)(F)F)CN1CCCCC1. The van der Waals surface area contributed by atoms with Gasteiger partial charge in [-0.15, -0.1) is 13.2 Å². The number of piperidine rings is 1. The zero-order valence-corrected chi connectivity index (χ0v) is 14.9. The highest BCUT2D eigenvalue weighted by molar-refractivity contribution is 7.89. The summed E-state index contributed by atoms with van der Waals surface area (Å²) in [4.78, 5) is 1.76. The van der Waals surface area contributed by atoms with Gasteiger partial charge in [-0.2, -0.15) is 0 Å². The summed E-state index contributed by atoms with van der Waals surface area (Å²) >= 11 is 0. The summed E-state index contributed by atoms with van der Waals surface area (Å²) in [5, 5.41) is 0. The summed E-state index contributed by atoms with van der Waals surface area (Å²) in [6, 6.07) is 4.73. The Hall–Kier alpha value is -1.32. The molecule has 0 amide bonds. The quantitative estimate of drug-likeness (QED) is 0.790. The number of nitrogens with zero attached hydrogens (tertiary/aromatic N) is 1. The first-order valence-electron chi connectivity index (χ1n) is 8.24. The van der Waals surface area contributed by atoms with Crippen molar-refractivity contribution in [2.24, 2.45) is 5.92 Å². The molecule has 1 aromatic carbocycles. The molecule has 2 rings (SSSR count). The molecule has 25 heavy (non-hydrogen) atoms. The van der Waals surface area contributed by atoms with Gasteiger partial charge in [0.1, 0.15) is 10.6 Å². The van der Waals surface area contributed by atoms with Crippen molar-refractivity contribution in [3.8, 4) is 5.75 Å². The Labute approximate surface area is 146 Å². The van der Waals surface area contributed by atoms with E-state index in [9.17, 15) is 21.6 Å². The number of nitrogens with one attached hydrogen (secondary N) is 1. The van der Waals surface area contributed by atoms with E-state index in [2.05, 4.69) is 14.4 Å². The Bertz CT molecular complexity index is 659. The zero-order chi connectivity index (χ0) is 18.5. The van der Waals surface area contributed by atoms with E-state index in [-0.39, 0.29) is 12.5 Å². The molecule has 1 fully saturated rings. The summed E-state index contributed by atoms with van der Waals surface area (Å²) in [7, 11) is -4.09. The summed E-state index contributed by atoms with van der Waals surface area (Å²) in [5.41, 5.74) is 0. The maximum absolute atomic E-state index is 12.4. The molecule has 0 aromatic heterocycles. The number of benzene rings is 1. The summed E-state index contributed by atoms with van der Waals surface area (Å²) in [6.07, 6.45) is -1.46. The number of hydrogen-bond donors (Lipinski definition) is 1. The second-order valence-electron chi connectivity index (χ2n) is 6.31. The second-order valence-corrected chi connectivity index (χ2v) is 8.05. The van der Waals surface area contributed by atoms with Gasteiger partial charge in [-0.05, 0) is 44.0 Å². The highest BCUT2D eigenvalue weighted by atomic mass is 32.2. The molecule has 1 aliphatic rings. The van der Waals surface area contributed by atoms with E-state index in [1.54, 1.807) is 0 Å². The number of para-hydroxylation sites is 1. The van der Waals surface area contributed by atoms with Gasteiger partial charge in [0.15, 0.2) is 0 Å². The molecule has 1 aromatic rings. The van der Waals surface area contributed by atoms with Gasteiger partial charge in [-0.1, -0.05) is 25.5 Å². The average Bonchev–Trinajstić information content (AvgIpc) is 2.53. The van der Waals surface area contributed by atoms with Crippen LogP contribution < -0.4 is 9.46 Å². The predicted molar refractivity (Wildman–Crippen MR) is 87.8 cm³/mol. The molecule has 0 radical (unpaired) electrons. The number of ether oxygens (including phenoxy) is 1. The van der Waals surface area contributed by atoms with Crippen LogP contribution in [0.4, 0.5) is 13.2 Å². The fourth-order valence-corrected chi connectivity index (χ4v) is 4.15. The number of likely N-dealkylation sites (tertiary alicyclic amines) is 1. The van der Waals surface area contributed by atoms with Crippen molar-refractivity contribution in [1.29, 1.82) is 0 Å². The summed E-state index contributed by atoms with van der Waals surface area (Å²) < 4.78 is 68.3. The lowest BCUT2D eigenvalue weighted by atomic mass is 10.1. The minimum Gasteiger partial charge on any atom is -0.404 e. The second kappa shape index (κ2) is 8.37. The zero-order valence-electron chi connectivity index (χ0n) is 14.1. The third-order valence-electron chi connectivity index (χ3n) is 4.00. The average molecular weight is 380 g/mol. The van der Waals surface area contributed by atoms with Crippen LogP contribution in [0.5, 0.6) is 5.75 Å². The molecule has 1 aliphatic heterocycles. The minimum atomic E-state index is -4.95. The number of halogens is 3. The first-order chi connectivity index (χ1) is 11.7. The van der Waals surface area contributed by atoms with Gasteiger partial charge in [-0.3, -0.25) is 0 Å². The summed E-state index contributed by atoms with van der Waals surface area (Å²) in [5.74, 6) is -0.685. The number of rotatable bonds is 7. The molecule has 1 atom stereocenters. The molecule has 1 N–H and O–H groups in total. The number of hydrogen-bond acceptors (Lipinski definition) is 4. The third kappa shape index (κ3) is 6.48. The molecule has 1 saturated heterocycles. The van der Waals surface area contributed by atoms with Gasteiger partial charge in [0.2, 0.25) is 10.0 Å². The van der Waals surface area contributed by atoms with Gasteiger partial charge in [0.25, 0.3) is 0 Å². The smallest absolute Gasteiger partial charge is 0.404 e. The monoisotopic (exact) mass is 380 g/mol. The minimum absolute atomic E-state index is 0.0450. The van der Waals surface area contributed by atoms with E-state index in [0.29, 0.717) is 0 Å². The Morgan fingerprint density at radius 2 is 1.84 bits per heavy atom. The van der Waals surface area contributed by atoms with Crippen LogP contribution in [-0.2, 0) is 10.0 Å². The lowest BCUT2D eigenvalue weighted by Crippen LogP contribution is -2.38. The highest BCUT2D eigenvalue weighted by Gasteiger charge is 2.34. The van der Waals surface area contributed by atoms with Crippen LogP contribution in [0.15, 0.2) is 29.2 Å². The van der Waals surface area contributed by atoms with Gasteiger partial charge < -0.3 is 9.64 Å². The molecular formula is C16H23F3N2O3S. The van der Waals surface area contributed by atoms with Gasteiger partial charge in [0.05, 0.1) is 0 Å². The first-order valence-corrected chi connectivity index (χ1v) is 9.72. The Morgan fingerprint density at radius 1 is 1.20 bits per heavy atom. The molecule has 0 aliphatic carbocycles. The maximum Gasteiger partial charge on any atom is 0.573 e. The van der Waals surface area contributed by atoms with Gasteiger partial charge in [-0.25, -0.2) is 13.1 Å². The topological polar surface area (TPSA) is 58.6 Å².